The summed E-state index contributed by atoms with van der Waals surface area (Å²) in [4.78, 5) is 12.4. The van der Waals surface area contributed by atoms with E-state index in [2.05, 4.69) is 19.2 Å². The lowest BCUT2D eigenvalue weighted by molar-refractivity contribution is -0.122. The quantitative estimate of drug-likeness (QED) is 0.770. The van der Waals surface area contributed by atoms with E-state index in [1.165, 1.54) is 12.7 Å². The SMILES string of the molecule is COc1cc(Cl)c(C)cc1NC(=O)C(C)Oc1ccc(C(C)C)cc1. The summed E-state index contributed by atoms with van der Waals surface area (Å²) in [5.41, 5.74) is 2.65. The summed E-state index contributed by atoms with van der Waals surface area (Å²) < 4.78 is 11.0. The molecule has 0 saturated carbocycles. The van der Waals surface area contributed by atoms with Gasteiger partial charge in [0.05, 0.1) is 12.8 Å². The number of carbonyl (C=O) groups excluding carboxylic acids is 1. The summed E-state index contributed by atoms with van der Waals surface area (Å²) in [6.45, 7) is 7.84. The summed E-state index contributed by atoms with van der Waals surface area (Å²) >= 11 is 6.09. The number of benzene rings is 2. The van der Waals surface area contributed by atoms with Crippen LogP contribution in [0.2, 0.25) is 5.02 Å². The van der Waals surface area contributed by atoms with Crippen LogP contribution in [-0.4, -0.2) is 19.1 Å². The van der Waals surface area contributed by atoms with Gasteiger partial charge in [-0.15, -0.1) is 0 Å². The molecule has 1 N–H and O–H groups in total. The highest BCUT2D eigenvalue weighted by Gasteiger charge is 2.17. The van der Waals surface area contributed by atoms with Crippen LogP contribution in [-0.2, 0) is 4.79 Å². The lowest BCUT2D eigenvalue weighted by Gasteiger charge is -2.17. The molecule has 5 heteroatoms. The maximum atomic E-state index is 12.4. The van der Waals surface area contributed by atoms with Crippen LogP contribution in [0.25, 0.3) is 0 Å². The van der Waals surface area contributed by atoms with Crippen molar-refractivity contribution in [2.24, 2.45) is 0 Å². The first-order chi connectivity index (χ1) is 11.8. The molecule has 2 aromatic carbocycles. The van der Waals surface area contributed by atoms with E-state index in [1.807, 2.05) is 31.2 Å². The van der Waals surface area contributed by atoms with Crippen LogP contribution < -0.4 is 14.8 Å². The predicted octanol–water partition coefficient (Wildman–Crippen LogP) is 5.19. The summed E-state index contributed by atoms with van der Waals surface area (Å²) in [6, 6.07) is 11.2. The molecular weight excluding hydrogens is 338 g/mol. The Morgan fingerprint density at radius 3 is 2.32 bits per heavy atom. The summed E-state index contributed by atoms with van der Waals surface area (Å²) in [5, 5.41) is 3.42. The number of amides is 1. The Morgan fingerprint density at radius 2 is 1.76 bits per heavy atom. The highest BCUT2D eigenvalue weighted by atomic mass is 35.5. The number of aryl methyl sites for hydroxylation is 1. The molecule has 25 heavy (non-hydrogen) atoms. The van der Waals surface area contributed by atoms with Crippen molar-refractivity contribution in [2.75, 3.05) is 12.4 Å². The van der Waals surface area contributed by atoms with Crippen molar-refractivity contribution < 1.29 is 14.3 Å². The summed E-state index contributed by atoms with van der Waals surface area (Å²) in [7, 11) is 1.53. The Labute approximate surface area is 154 Å². The van der Waals surface area contributed by atoms with Gasteiger partial charge >= 0.3 is 0 Å². The molecule has 0 bridgehead atoms. The molecule has 0 aliphatic heterocycles. The topological polar surface area (TPSA) is 47.6 Å². The number of methoxy groups -OCH3 is 1. The molecular formula is C20H24ClNO3. The van der Waals surface area contributed by atoms with Gasteiger partial charge in [-0.3, -0.25) is 4.79 Å². The molecule has 2 rings (SSSR count). The molecule has 1 unspecified atom stereocenters. The largest absolute Gasteiger partial charge is 0.495 e. The smallest absolute Gasteiger partial charge is 0.265 e. The van der Waals surface area contributed by atoms with Crippen molar-refractivity contribution >= 4 is 23.2 Å². The predicted molar refractivity (Wildman–Crippen MR) is 102 cm³/mol. The zero-order valence-electron chi connectivity index (χ0n) is 15.2. The molecule has 0 saturated heterocycles. The van der Waals surface area contributed by atoms with Gasteiger partial charge in [0.2, 0.25) is 0 Å². The number of nitrogens with one attached hydrogen (secondary N) is 1. The molecule has 0 aromatic heterocycles. The molecule has 0 fully saturated rings. The van der Waals surface area contributed by atoms with Crippen LogP contribution in [0.4, 0.5) is 5.69 Å². The van der Waals surface area contributed by atoms with Crippen LogP contribution in [0.3, 0.4) is 0 Å². The number of halogens is 1. The number of ether oxygens (including phenoxy) is 2. The van der Waals surface area contributed by atoms with Gasteiger partial charge in [0.1, 0.15) is 11.5 Å². The van der Waals surface area contributed by atoms with Gasteiger partial charge in [-0.1, -0.05) is 37.6 Å². The highest BCUT2D eigenvalue weighted by Crippen LogP contribution is 2.31. The Balaban J connectivity index is 2.06. The van der Waals surface area contributed by atoms with Gasteiger partial charge in [-0.2, -0.15) is 0 Å². The van der Waals surface area contributed by atoms with Crippen LogP contribution in [0.5, 0.6) is 11.5 Å². The summed E-state index contributed by atoms with van der Waals surface area (Å²) in [5.74, 6) is 1.37. The lowest BCUT2D eigenvalue weighted by atomic mass is 10.0. The molecule has 2 aromatic rings. The molecule has 0 aliphatic rings. The second-order valence-corrected chi connectivity index (χ2v) is 6.68. The lowest BCUT2D eigenvalue weighted by Crippen LogP contribution is -2.30. The average Bonchev–Trinajstić information content (AvgIpc) is 2.58. The maximum Gasteiger partial charge on any atom is 0.265 e. The van der Waals surface area contributed by atoms with Crippen molar-refractivity contribution in [2.45, 2.75) is 39.7 Å². The van der Waals surface area contributed by atoms with E-state index in [0.717, 1.165) is 5.56 Å². The number of rotatable bonds is 6. The number of hydrogen-bond donors (Lipinski definition) is 1. The van der Waals surface area contributed by atoms with Gasteiger partial charge in [0.15, 0.2) is 6.10 Å². The van der Waals surface area contributed by atoms with Crippen molar-refractivity contribution in [1.29, 1.82) is 0 Å². The molecule has 0 aliphatic carbocycles. The maximum absolute atomic E-state index is 12.4. The van der Waals surface area contributed by atoms with Gasteiger partial charge in [-0.05, 0) is 49.1 Å². The molecule has 0 spiro atoms. The number of anilines is 1. The van der Waals surface area contributed by atoms with E-state index < -0.39 is 6.10 Å². The Bertz CT molecular complexity index is 741. The van der Waals surface area contributed by atoms with E-state index in [9.17, 15) is 4.79 Å². The van der Waals surface area contributed by atoms with E-state index in [0.29, 0.717) is 28.1 Å². The van der Waals surface area contributed by atoms with E-state index in [1.54, 1.807) is 19.1 Å². The Morgan fingerprint density at radius 1 is 1.12 bits per heavy atom. The minimum atomic E-state index is -0.648. The van der Waals surface area contributed by atoms with E-state index in [-0.39, 0.29) is 5.91 Å². The standard InChI is InChI=1S/C20H24ClNO3/c1-12(2)15-6-8-16(9-7-15)25-14(4)20(23)22-18-10-13(3)17(21)11-19(18)24-5/h6-12,14H,1-5H3,(H,22,23). The summed E-state index contributed by atoms with van der Waals surface area (Å²) in [6.07, 6.45) is -0.648. The Kier molecular flexibility index (Phi) is 6.32. The molecule has 4 nitrogen and oxygen atoms in total. The third kappa shape index (κ3) is 4.89. The average molecular weight is 362 g/mol. The number of hydrogen-bond acceptors (Lipinski definition) is 3. The normalized spacial score (nSPS) is 12.0. The first kappa shape index (κ1) is 19.1. The van der Waals surface area contributed by atoms with Crippen molar-refractivity contribution in [3.05, 3.63) is 52.5 Å². The molecule has 134 valence electrons. The minimum absolute atomic E-state index is 0.257. The van der Waals surface area contributed by atoms with Crippen molar-refractivity contribution in [1.82, 2.24) is 0 Å². The minimum Gasteiger partial charge on any atom is -0.495 e. The van der Waals surface area contributed by atoms with Crippen LogP contribution >= 0.6 is 11.6 Å². The third-order valence-electron chi connectivity index (χ3n) is 3.97. The van der Waals surface area contributed by atoms with Crippen molar-refractivity contribution in [3.8, 4) is 11.5 Å². The Hall–Kier alpha value is -2.20. The van der Waals surface area contributed by atoms with Crippen LogP contribution in [0.1, 0.15) is 37.8 Å². The van der Waals surface area contributed by atoms with E-state index in [4.69, 9.17) is 21.1 Å². The second-order valence-electron chi connectivity index (χ2n) is 6.27. The fourth-order valence-electron chi connectivity index (χ4n) is 2.35. The molecule has 0 heterocycles. The van der Waals surface area contributed by atoms with E-state index >= 15 is 0 Å². The van der Waals surface area contributed by atoms with Gasteiger partial charge in [0.25, 0.3) is 5.91 Å². The fourth-order valence-corrected chi connectivity index (χ4v) is 2.51. The number of carbonyl (C=O) groups is 1. The van der Waals surface area contributed by atoms with Crippen LogP contribution in [0.15, 0.2) is 36.4 Å². The molecule has 1 atom stereocenters. The second kappa shape index (κ2) is 8.26. The van der Waals surface area contributed by atoms with Crippen LogP contribution in [0, 0.1) is 6.92 Å². The van der Waals surface area contributed by atoms with Crippen molar-refractivity contribution in [3.63, 3.8) is 0 Å². The monoisotopic (exact) mass is 361 g/mol. The fraction of sp³-hybridized carbons (Fsp3) is 0.350. The van der Waals surface area contributed by atoms with Gasteiger partial charge < -0.3 is 14.8 Å². The van der Waals surface area contributed by atoms with Gasteiger partial charge in [0, 0.05) is 11.1 Å². The first-order valence-electron chi connectivity index (χ1n) is 8.23. The highest BCUT2D eigenvalue weighted by molar-refractivity contribution is 6.31. The van der Waals surface area contributed by atoms with Gasteiger partial charge in [-0.25, -0.2) is 0 Å². The third-order valence-corrected chi connectivity index (χ3v) is 4.37. The molecule has 1 amide bonds. The zero-order valence-corrected chi connectivity index (χ0v) is 16.0. The molecule has 0 radical (unpaired) electrons. The zero-order chi connectivity index (χ0) is 18.6. The first-order valence-corrected chi connectivity index (χ1v) is 8.61.